The molecular weight excluding hydrogens is 410 g/mol. The number of fused-ring (bicyclic) bond motifs is 1. The van der Waals surface area contributed by atoms with Crippen LogP contribution < -0.4 is 9.47 Å². The van der Waals surface area contributed by atoms with Gasteiger partial charge in [0, 0.05) is 30.8 Å². The summed E-state index contributed by atoms with van der Waals surface area (Å²) < 4.78 is 12.5. The summed E-state index contributed by atoms with van der Waals surface area (Å²) in [7, 11) is 0. The van der Waals surface area contributed by atoms with E-state index in [1.54, 1.807) is 12.1 Å². The molecule has 1 N–H and O–H groups in total. The summed E-state index contributed by atoms with van der Waals surface area (Å²) in [5.41, 5.74) is 6.59. The average molecular weight is 442 g/mol. The topological polar surface area (TPSA) is 41.9 Å². The number of ether oxygens (including phenoxy) is 2. The maximum atomic E-state index is 10.1. The number of aryl methyl sites for hydroxylation is 1. The Balaban J connectivity index is 1.42. The van der Waals surface area contributed by atoms with Gasteiger partial charge in [-0.1, -0.05) is 48.9 Å². The minimum absolute atomic E-state index is 0.236. The van der Waals surface area contributed by atoms with Crippen LogP contribution in [0.15, 0.2) is 66.7 Å². The van der Waals surface area contributed by atoms with Gasteiger partial charge in [0.25, 0.3) is 0 Å². The van der Waals surface area contributed by atoms with Crippen LogP contribution in [0.25, 0.3) is 11.1 Å². The Morgan fingerprint density at radius 2 is 1.79 bits per heavy atom. The summed E-state index contributed by atoms with van der Waals surface area (Å²) in [5.74, 6) is 2.72. The summed E-state index contributed by atoms with van der Waals surface area (Å²) in [6.45, 7) is 10.5. The van der Waals surface area contributed by atoms with Crippen molar-refractivity contribution in [2.24, 2.45) is 5.92 Å². The Morgan fingerprint density at radius 1 is 1.00 bits per heavy atom. The molecule has 2 heterocycles. The van der Waals surface area contributed by atoms with Gasteiger partial charge in [-0.3, -0.25) is 4.90 Å². The summed E-state index contributed by atoms with van der Waals surface area (Å²) in [6, 6.07) is 22.1. The molecule has 170 valence electrons. The van der Waals surface area contributed by atoms with E-state index in [0.717, 1.165) is 51.8 Å². The summed E-state index contributed by atoms with van der Waals surface area (Å²) in [5, 5.41) is 10.1. The van der Waals surface area contributed by atoms with Gasteiger partial charge in [0.15, 0.2) is 0 Å². The number of benzene rings is 3. The summed E-state index contributed by atoms with van der Waals surface area (Å²) in [4.78, 5) is 2.42. The number of rotatable bonds is 6. The fraction of sp³-hybridized carbons (Fsp3) is 0.310. The molecule has 4 heteroatoms. The van der Waals surface area contributed by atoms with Crippen LogP contribution in [0.1, 0.15) is 42.2 Å². The molecule has 1 unspecified atom stereocenters. The van der Waals surface area contributed by atoms with Gasteiger partial charge in [0.2, 0.25) is 0 Å². The van der Waals surface area contributed by atoms with Gasteiger partial charge in [-0.05, 0) is 66.8 Å². The van der Waals surface area contributed by atoms with Crippen LogP contribution in [0.4, 0.5) is 0 Å². The number of aromatic hydroxyl groups is 1. The van der Waals surface area contributed by atoms with Crippen LogP contribution >= 0.6 is 0 Å². The van der Waals surface area contributed by atoms with Gasteiger partial charge < -0.3 is 14.6 Å². The number of nitrogens with zero attached hydrogens (tertiary/aromatic N) is 1. The fourth-order valence-corrected chi connectivity index (χ4v) is 4.90. The Labute approximate surface area is 196 Å². The fourth-order valence-electron chi connectivity index (χ4n) is 4.90. The van der Waals surface area contributed by atoms with Crippen molar-refractivity contribution in [3.8, 4) is 17.2 Å². The van der Waals surface area contributed by atoms with E-state index in [2.05, 4.69) is 62.1 Å². The van der Waals surface area contributed by atoms with Crippen LogP contribution in [-0.2, 0) is 0 Å². The average Bonchev–Trinajstić information content (AvgIpc) is 2.78. The Kier molecular flexibility index (Phi) is 5.86. The molecule has 0 aromatic heterocycles. The molecule has 3 aromatic rings. The molecule has 0 amide bonds. The lowest BCUT2D eigenvalue weighted by molar-refractivity contribution is 0.0932. The maximum absolute atomic E-state index is 10.1. The van der Waals surface area contributed by atoms with E-state index in [1.807, 2.05) is 18.2 Å². The minimum Gasteiger partial charge on any atom is -0.508 e. The van der Waals surface area contributed by atoms with E-state index in [4.69, 9.17) is 9.47 Å². The normalized spacial score (nSPS) is 18.5. The number of allylic oxidation sites excluding steroid dienone is 1. The molecule has 4 nitrogen and oxygen atoms in total. The third-order valence-corrected chi connectivity index (χ3v) is 6.61. The molecule has 2 aliphatic heterocycles. The van der Waals surface area contributed by atoms with Crippen LogP contribution in [0.5, 0.6) is 17.2 Å². The Morgan fingerprint density at radius 3 is 2.52 bits per heavy atom. The van der Waals surface area contributed by atoms with Gasteiger partial charge in [0.1, 0.15) is 30.0 Å². The summed E-state index contributed by atoms with van der Waals surface area (Å²) >= 11 is 0. The smallest absolute Gasteiger partial charge is 0.150 e. The SMILES string of the molecule is CC1=C(c2cccc(C)c2)C(c2ccc(OCCN3CC(C)C3)cc2)Oc2ccc(O)cc21. The first-order valence-corrected chi connectivity index (χ1v) is 11.7. The minimum atomic E-state index is -0.236. The highest BCUT2D eigenvalue weighted by molar-refractivity contribution is 5.95. The van der Waals surface area contributed by atoms with E-state index in [-0.39, 0.29) is 11.9 Å². The quantitative estimate of drug-likeness (QED) is 0.502. The van der Waals surface area contributed by atoms with Crippen molar-refractivity contribution in [1.29, 1.82) is 0 Å². The number of likely N-dealkylation sites (tertiary alicyclic amines) is 1. The van der Waals surface area contributed by atoms with Gasteiger partial charge in [-0.25, -0.2) is 0 Å². The van der Waals surface area contributed by atoms with E-state index in [0.29, 0.717) is 6.61 Å². The van der Waals surface area contributed by atoms with Crippen molar-refractivity contribution in [2.45, 2.75) is 26.9 Å². The Bertz CT molecular complexity index is 1180. The van der Waals surface area contributed by atoms with E-state index in [9.17, 15) is 5.11 Å². The van der Waals surface area contributed by atoms with Gasteiger partial charge in [0.05, 0.1) is 0 Å². The summed E-state index contributed by atoms with van der Waals surface area (Å²) in [6.07, 6.45) is -0.236. The van der Waals surface area contributed by atoms with E-state index < -0.39 is 0 Å². The second kappa shape index (κ2) is 8.95. The van der Waals surface area contributed by atoms with Crippen molar-refractivity contribution in [2.75, 3.05) is 26.2 Å². The zero-order valence-electron chi connectivity index (χ0n) is 19.5. The third kappa shape index (κ3) is 4.49. The second-order valence-corrected chi connectivity index (χ2v) is 9.37. The lowest BCUT2D eigenvalue weighted by atomic mass is 9.85. The van der Waals surface area contributed by atoms with Gasteiger partial charge in [-0.2, -0.15) is 0 Å². The zero-order valence-corrected chi connectivity index (χ0v) is 19.5. The molecule has 0 aliphatic carbocycles. The monoisotopic (exact) mass is 441 g/mol. The first-order chi connectivity index (χ1) is 16.0. The van der Waals surface area contributed by atoms with Crippen LogP contribution in [0.3, 0.4) is 0 Å². The number of phenolic OH excluding ortho intramolecular Hbond substituents is 1. The first-order valence-electron chi connectivity index (χ1n) is 11.7. The molecule has 2 aliphatic rings. The first kappa shape index (κ1) is 21.6. The van der Waals surface area contributed by atoms with Gasteiger partial charge >= 0.3 is 0 Å². The molecule has 3 aromatic carbocycles. The van der Waals surface area contributed by atoms with Crippen LogP contribution in [0.2, 0.25) is 0 Å². The molecule has 1 fully saturated rings. The van der Waals surface area contributed by atoms with E-state index >= 15 is 0 Å². The largest absolute Gasteiger partial charge is 0.508 e. The molecule has 1 saturated heterocycles. The molecule has 0 radical (unpaired) electrons. The number of hydrogen-bond donors (Lipinski definition) is 1. The second-order valence-electron chi connectivity index (χ2n) is 9.37. The highest BCUT2D eigenvalue weighted by atomic mass is 16.5. The van der Waals surface area contributed by atoms with Crippen LogP contribution in [0, 0.1) is 12.8 Å². The molecule has 33 heavy (non-hydrogen) atoms. The van der Waals surface area contributed by atoms with Crippen molar-refractivity contribution >= 4 is 11.1 Å². The highest BCUT2D eigenvalue weighted by Gasteiger charge is 2.29. The molecule has 5 rings (SSSR count). The molecular formula is C29H31NO3. The maximum Gasteiger partial charge on any atom is 0.150 e. The molecule has 0 spiro atoms. The van der Waals surface area contributed by atoms with Crippen molar-refractivity contribution in [3.63, 3.8) is 0 Å². The van der Waals surface area contributed by atoms with Crippen LogP contribution in [-0.4, -0.2) is 36.2 Å². The third-order valence-electron chi connectivity index (χ3n) is 6.61. The predicted octanol–water partition coefficient (Wildman–Crippen LogP) is 6.10. The highest BCUT2D eigenvalue weighted by Crippen LogP contribution is 2.47. The van der Waals surface area contributed by atoms with Crippen molar-refractivity contribution < 1.29 is 14.6 Å². The zero-order chi connectivity index (χ0) is 22.9. The van der Waals surface area contributed by atoms with Crippen molar-refractivity contribution in [1.82, 2.24) is 4.90 Å². The molecule has 1 atom stereocenters. The predicted molar refractivity (Wildman–Crippen MR) is 133 cm³/mol. The Hall–Kier alpha value is -3.24. The lowest BCUT2D eigenvalue weighted by Crippen LogP contribution is -2.46. The number of phenols is 1. The van der Waals surface area contributed by atoms with E-state index in [1.165, 1.54) is 18.7 Å². The molecule has 0 bridgehead atoms. The number of hydrogen-bond acceptors (Lipinski definition) is 4. The lowest BCUT2D eigenvalue weighted by Gasteiger charge is -2.36. The molecule has 0 saturated carbocycles. The standard InChI is InChI=1S/C29H31NO3/c1-19-5-4-6-23(15-19)28-21(3)26-16-24(31)9-12-27(26)33-29(28)22-7-10-25(11-8-22)32-14-13-30-17-20(2)18-30/h4-12,15-16,20,29,31H,13-14,17-18H2,1-3H3. The van der Waals surface area contributed by atoms with Crippen molar-refractivity contribution in [3.05, 3.63) is 89.0 Å². The van der Waals surface area contributed by atoms with Gasteiger partial charge in [-0.15, -0.1) is 0 Å².